The van der Waals surface area contributed by atoms with E-state index >= 15 is 0 Å². The zero-order valence-electron chi connectivity index (χ0n) is 12.6. The van der Waals surface area contributed by atoms with Crippen molar-refractivity contribution in [2.45, 2.75) is 6.92 Å². The van der Waals surface area contributed by atoms with Crippen molar-refractivity contribution in [3.63, 3.8) is 0 Å². The van der Waals surface area contributed by atoms with Gasteiger partial charge in [0.1, 0.15) is 18.4 Å². The van der Waals surface area contributed by atoms with Crippen molar-refractivity contribution >= 4 is 22.1 Å². The molecule has 114 valence electrons. The third-order valence-corrected chi connectivity index (χ3v) is 4.04. The lowest BCUT2D eigenvalue weighted by Gasteiger charge is -2.04. The maximum absolute atomic E-state index is 14.1. The Morgan fingerprint density at radius 2 is 1.96 bits per heavy atom. The highest BCUT2D eigenvalue weighted by Crippen LogP contribution is 2.34. The molecule has 3 heterocycles. The number of pyridine rings is 2. The summed E-state index contributed by atoms with van der Waals surface area (Å²) < 4.78 is 34.9. The van der Waals surface area contributed by atoms with Gasteiger partial charge in [-0.25, -0.2) is 8.96 Å². The molecule has 3 nitrogen and oxygen atoms in total. The zero-order valence-corrected chi connectivity index (χ0v) is 12.6. The topological polar surface area (TPSA) is 29.9 Å². The van der Waals surface area contributed by atoms with E-state index in [-0.39, 0.29) is 11.1 Å². The summed E-state index contributed by atoms with van der Waals surface area (Å²) >= 11 is 0. The number of aryl methyl sites for hydroxylation is 2. The van der Waals surface area contributed by atoms with Crippen molar-refractivity contribution in [2.24, 2.45) is 7.05 Å². The summed E-state index contributed by atoms with van der Waals surface area (Å²) in [6.45, 7) is 1.95. The average Bonchev–Trinajstić information content (AvgIpc) is 2.84. The SMILES string of the molecule is Cc1cc2c(cc1-c1cccc[n+]1C)oc1nc(F)cc(F)c12. The molecule has 4 aromatic rings. The number of aromatic nitrogens is 2. The van der Waals surface area contributed by atoms with Crippen LogP contribution in [0.3, 0.4) is 0 Å². The molecule has 0 bridgehead atoms. The fourth-order valence-corrected chi connectivity index (χ4v) is 2.93. The van der Waals surface area contributed by atoms with Crippen LogP contribution < -0.4 is 4.57 Å². The first kappa shape index (κ1) is 13.8. The molecule has 0 amide bonds. The second-order valence-electron chi connectivity index (χ2n) is 5.57. The molecule has 5 heteroatoms. The van der Waals surface area contributed by atoms with Crippen LogP contribution in [0, 0.1) is 18.7 Å². The number of benzene rings is 1. The normalized spacial score (nSPS) is 11.5. The number of nitrogens with zero attached hydrogens (tertiary/aromatic N) is 2. The van der Waals surface area contributed by atoms with Gasteiger partial charge in [0.25, 0.3) is 0 Å². The van der Waals surface area contributed by atoms with Crippen LogP contribution in [0.1, 0.15) is 5.56 Å². The molecule has 4 rings (SSSR count). The molecule has 1 aromatic carbocycles. The van der Waals surface area contributed by atoms with Gasteiger partial charge in [0.2, 0.25) is 17.4 Å². The smallest absolute Gasteiger partial charge is 0.232 e. The van der Waals surface area contributed by atoms with E-state index < -0.39 is 11.8 Å². The van der Waals surface area contributed by atoms with Gasteiger partial charge in [0.15, 0.2) is 6.20 Å². The van der Waals surface area contributed by atoms with Crippen LogP contribution in [0.5, 0.6) is 0 Å². The molecule has 0 saturated heterocycles. The number of fused-ring (bicyclic) bond motifs is 3. The molecule has 0 saturated carbocycles. The first-order valence-corrected chi connectivity index (χ1v) is 7.18. The van der Waals surface area contributed by atoms with Gasteiger partial charge in [-0.3, -0.25) is 0 Å². The number of hydrogen-bond donors (Lipinski definition) is 0. The largest absolute Gasteiger partial charge is 0.437 e. The van der Waals surface area contributed by atoms with Crippen molar-refractivity contribution in [1.82, 2.24) is 4.98 Å². The first-order chi connectivity index (χ1) is 11.0. The summed E-state index contributed by atoms with van der Waals surface area (Å²) in [4.78, 5) is 3.64. The van der Waals surface area contributed by atoms with Crippen LogP contribution in [-0.2, 0) is 7.05 Å². The van der Waals surface area contributed by atoms with E-state index in [0.29, 0.717) is 11.0 Å². The van der Waals surface area contributed by atoms with Crippen molar-refractivity contribution in [1.29, 1.82) is 0 Å². The van der Waals surface area contributed by atoms with E-state index in [2.05, 4.69) is 4.98 Å². The number of furan rings is 1. The van der Waals surface area contributed by atoms with Crippen LogP contribution in [0.4, 0.5) is 8.78 Å². The zero-order chi connectivity index (χ0) is 16.1. The maximum Gasteiger partial charge on any atom is 0.232 e. The van der Waals surface area contributed by atoms with Crippen LogP contribution in [0.15, 0.2) is 47.0 Å². The van der Waals surface area contributed by atoms with Gasteiger partial charge in [-0.05, 0) is 30.7 Å². The molecular formula is C18H13F2N2O+. The summed E-state index contributed by atoms with van der Waals surface area (Å²) in [5.41, 5.74) is 3.42. The van der Waals surface area contributed by atoms with Gasteiger partial charge in [0, 0.05) is 23.6 Å². The summed E-state index contributed by atoms with van der Waals surface area (Å²) in [6, 6.07) is 10.4. The number of rotatable bonds is 1. The average molecular weight is 311 g/mol. The summed E-state index contributed by atoms with van der Waals surface area (Å²) in [5, 5.41) is 0.818. The van der Waals surface area contributed by atoms with Gasteiger partial charge in [0.05, 0.1) is 10.9 Å². The summed E-state index contributed by atoms with van der Waals surface area (Å²) in [6.07, 6.45) is 1.95. The molecule has 0 aliphatic carbocycles. The minimum atomic E-state index is -0.888. The lowest BCUT2D eigenvalue weighted by molar-refractivity contribution is -0.660. The lowest BCUT2D eigenvalue weighted by atomic mass is 10.0. The highest BCUT2D eigenvalue weighted by molar-refractivity contribution is 6.05. The molecule has 0 fully saturated rings. The van der Waals surface area contributed by atoms with Gasteiger partial charge in [-0.1, -0.05) is 0 Å². The molecule has 0 unspecified atom stereocenters. The van der Waals surface area contributed by atoms with Crippen LogP contribution in [0.2, 0.25) is 0 Å². The van der Waals surface area contributed by atoms with E-state index in [1.807, 2.05) is 55.1 Å². The Morgan fingerprint density at radius 1 is 1.13 bits per heavy atom. The molecule has 3 aromatic heterocycles. The van der Waals surface area contributed by atoms with Gasteiger partial charge in [-0.2, -0.15) is 9.37 Å². The van der Waals surface area contributed by atoms with Gasteiger partial charge < -0.3 is 4.42 Å². The Bertz CT molecular complexity index is 1070. The monoisotopic (exact) mass is 311 g/mol. The first-order valence-electron chi connectivity index (χ1n) is 7.18. The molecule has 0 atom stereocenters. The Morgan fingerprint density at radius 3 is 2.74 bits per heavy atom. The van der Waals surface area contributed by atoms with E-state index in [9.17, 15) is 8.78 Å². The summed E-state index contributed by atoms with van der Waals surface area (Å²) in [7, 11) is 1.95. The second kappa shape index (κ2) is 4.84. The van der Waals surface area contributed by atoms with Gasteiger partial charge >= 0.3 is 0 Å². The number of hydrogen-bond acceptors (Lipinski definition) is 2. The van der Waals surface area contributed by atoms with Gasteiger partial charge in [-0.15, -0.1) is 0 Å². The summed E-state index contributed by atoms with van der Waals surface area (Å²) in [5.74, 6) is -1.55. The Labute approximate surface area is 130 Å². The quantitative estimate of drug-likeness (QED) is 0.392. The predicted octanol–water partition coefficient (Wildman–Crippen LogP) is 4.06. The fourth-order valence-electron chi connectivity index (χ4n) is 2.93. The van der Waals surface area contributed by atoms with E-state index in [0.717, 1.165) is 22.9 Å². The van der Waals surface area contributed by atoms with Crippen LogP contribution in [0.25, 0.3) is 33.3 Å². The second-order valence-corrected chi connectivity index (χ2v) is 5.57. The van der Waals surface area contributed by atoms with Crippen LogP contribution >= 0.6 is 0 Å². The van der Waals surface area contributed by atoms with Crippen molar-refractivity contribution in [3.05, 3.63) is 59.9 Å². The van der Waals surface area contributed by atoms with E-state index in [1.165, 1.54) is 0 Å². The Balaban J connectivity index is 2.07. The minimum Gasteiger partial charge on any atom is -0.437 e. The molecule has 0 aliphatic rings. The molecule has 0 aliphatic heterocycles. The molecule has 0 radical (unpaired) electrons. The molecule has 0 N–H and O–H groups in total. The Hall–Kier alpha value is -2.82. The molecule has 23 heavy (non-hydrogen) atoms. The highest BCUT2D eigenvalue weighted by atomic mass is 19.1. The number of halogens is 2. The third kappa shape index (κ3) is 2.08. The van der Waals surface area contributed by atoms with Crippen LogP contribution in [-0.4, -0.2) is 4.98 Å². The van der Waals surface area contributed by atoms with Crippen molar-refractivity contribution < 1.29 is 17.8 Å². The highest BCUT2D eigenvalue weighted by Gasteiger charge is 2.19. The molecule has 0 spiro atoms. The standard InChI is InChI=1S/C18H13F2N2O/c1-10-7-12-15(8-11(10)14-5-3-4-6-22(14)2)23-18-17(12)13(19)9-16(20)21-18/h3-9H,1-2H3/q+1. The van der Waals surface area contributed by atoms with E-state index in [1.54, 1.807) is 0 Å². The van der Waals surface area contributed by atoms with E-state index in [4.69, 9.17) is 4.42 Å². The molecular weight excluding hydrogens is 298 g/mol. The third-order valence-electron chi connectivity index (χ3n) is 4.04. The van der Waals surface area contributed by atoms with Crippen molar-refractivity contribution in [2.75, 3.05) is 0 Å². The lowest BCUT2D eigenvalue weighted by Crippen LogP contribution is -2.30. The predicted molar refractivity (Wildman–Crippen MR) is 82.8 cm³/mol. The maximum atomic E-state index is 14.1. The minimum absolute atomic E-state index is 0.0218. The Kier molecular flexibility index (Phi) is 2.91. The fraction of sp³-hybridized carbons (Fsp3) is 0.111. The van der Waals surface area contributed by atoms with Crippen molar-refractivity contribution in [3.8, 4) is 11.3 Å².